The van der Waals surface area contributed by atoms with E-state index in [4.69, 9.17) is 11.5 Å². The molecule has 98 valence electrons. The molecule has 0 atom stereocenters. The number of benzene rings is 1. The summed E-state index contributed by atoms with van der Waals surface area (Å²) in [5, 5.41) is 18.9. The largest absolute Gasteiger partial charge is 0.350 e. The molecule has 1 aromatic carbocycles. The number of nitrogens with two attached hydrogens (primary N) is 2. The Labute approximate surface area is 103 Å². The van der Waals surface area contributed by atoms with E-state index < -0.39 is 18.2 Å². The highest BCUT2D eigenvalue weighted by atomic mass is 16.6. The second-order valence-corrected chi connectivity index (χ2v) is 3.54. The van der Waals surface area contributed by atoms with Crippen LogP contribution in [0, 0.1) is 0 Å². The molecule has 8 heteroatoms. The fraction of sp³-hybridized carbons (Fsp3) is 0.200. The van der Waals surface area contributed by atoms with E-state index in [2.05, 4.69) is 0 Å². The summed E-state index contributed by atoms with van der Waals surface area (Å²) in [4.78, 5) is 21.7. The zero-order valence-corrected chi connectivity index (χ0v) is 9.43. The van der Waals surface area contributed by atoms with Gasteiger partial charge in [-0.1, -0.05) is 30.3 Å². The summed E-state index contributed by atoms with van der Waals surface area (Å²) in [5.74, 6) is 0. The molecule has 0 saturated carbocycles. The number of hydroxylamine groups is 4. The Kier molecular flexibility index (Phi) is 4.46. The van der Waals surface area contributed by atoms with Gasteiger partial charge in [-0.05, 0) is 5.56 Å². The first kappa shape index (κ1) is 13.7. The minimum absolute atomic E-state index is 0.0281. The molecule has 0 aliphatic carbocycles. The van der Waals surface area contributed by atoms with Gasteiger partial charge in [0.2, 0.25) is 0 Å². The van der Waals surface area contributed by atoms with Crippen LogP contribution in [-0.4, -0.2) is 38.8 Å². The molecule has 6 N–H and O–H groups in total. The second kappa shape index (κ2) is 5.84. The van der Waals surface area contributed by atoms with Crippen LogP contribution < -0.4 is 11.5 Å². The topological polar surface area (TPSA) is 133 Å². The van der Waals surface area contributed by atoms with E-state index in [0.29, 0.717) is 5.56 Å². The van der Waals surface area contributed by atoms with Crippen LogP contribution in [0.1, 0.15) is 5.56 Å². The van der Waals surface area contributed by atoms with Crippen molar-refractivity contribution in [3.63, 3.8) is 0 Å². The van der Waals surface area contributed by atoms with Gasteiger partial charge >= 0.3 is 12.1 Å². The Morgan fingerprint density at radius 1 is 1.06 bits per heavy atom. The van der Waals surface area contributed by atoms with Crippen LogP contribution in [0.4, 0.5) is 9.59 Å². The third kappa shape index (κ3) is 3.34. The van der Waals surface area contributed by atoms with E-state index in [0.717, 1.165) is 0 Å². The lowest BCUT2D eigenvalue weighted by Gasteiger charge is -2.29. The Hall–Kier alpha value is -2.32. The van der Waals surface area contributed by atoms with Crippen molar-refractivity contribution < 1.29 is 20.0 Å². The maximum absolute atomic E-state index is 10.9. The summed E-state index contributed by atoms with van der Waals surface area (Å²) in [5.41, 5.74) is 10.4. The van der Waals surface area contributed by atoms with Crippen LogP contribution in [0.5, 0.6) is 0 Å². The smallest absolute Gasteiger partial charge is 0.340 e. The van der Waals surface area contributed by atoms with Crippen molar-refractivity contribution in [3.8, 4) is 0 Å². The lowest BCUT2D eigenvalue weighted by atomic mass is 10.1. The van der Waals surface area contributed by atoms with E-state index in [9.17, 15) is 20.0 Å². The van der Waals surface area contributed by atoms with Gasteiger partial charge in [0, 0.05) is 6.42 Å². The third-order valence-corrected chi connectivity index (χ3v) is 2.28. The maximum Gasteiger partial charge on any atom is 0.340 e. The zero-order valence-electron chi connectivity index (χ0n) is 9.43. The minimum Gasteiger partial charge on any atom is -0.350 e. The molecular weight excluding hydrogens is 240 g/mol. The minimum atomic E-state index is -1.39. The number of hydrogen-bond acceptors (Lipinski definition) is 4. The van der Waals surface area contributed by atoms with Gasteiger partial charge in [-0.15, -0.1) is 0 Å². The van der Waals surface area contributed by atoms with Crippen molar-refractivity contribution in [2.24, 2.45) is 11.5 Å². The third-order valence-electron chi connectivity index (χ3n) is 2.28. The lowest BCUT2D eigenvalue weighted by molar-refractivity contribution is -0.194. The first-order valence-corrected chi connectivity index (χ1v) is 5.02. The van der Waals surface area contributed by atoms with Gasteiger partial charge in [0.25, 0.3) is 0 Å². The van der Waals surface area contributed by atoms with Gasteiger partial charge in [0.05, 0.1) is 0 Å². The number of urea groups is 2. The fourth-order valence-corrected chi connectivity index (χ4v) is 1.40. The number of hydrogen-bond donors (Lipinski definition) is 4. The molecule has 1 rings (SSSR count). The molecule has 0 spiro atoms. The Morgan fingerprint density at radius 3 is 1.89 bits per heavy atom. The average molecular weight is 254 g/mol. The number of carbonyl (C=O) groups excluding carboxylic acids is 2. The van der Waals surface area contributed by atoms with Crippen LogP contribution in [0.15, 0.2) is 30.3 Å². The fourth-order valence-electron chi connectivity index (χ4n) is 1.40. The van der Waals surface area contributed by atoms with Gasteiger partial charge in [0.15, 0.2) is 6.17 Å². The number of amides is 4. The number of nitrogens with zero attached hydrogens (tertiary/aromatic N) is 2. The molecule has 0 unspecified atom stereocenters. The van der Waals surface area contributed by atoms with Gasteiger partial charge in [-0.25, -0.2) is 9.59 Å². The standard InChI is InChI=1S/C10H14N4O4/c11-9(15)13(17)8(14(18)10(12)16)6-7-4-2-1-3-5-7/h1-5,8,17-18H,6H2,(H2,11,15)(H2,12,16). The predicted molar refractivity (Wildman–Crippen MR) is 60.4 cm³/mol. The van der Waals surface area contributed by atoms with Crippen molar-refractivity contribution in [2.45, 2.75) is 12.6 Å². The molecule has 0 aliphatic rings. The van der Waals surface area contributed by atoms with E-state index >= 15 is 0 Å². The molecular formula is C10H14N4O4. The SMILES string of the molecule is NC(=O)N(O)C(Cc1ccccc1)N(O)C(N)=O. The summed E-state index contributed by atoms with van der Waals surface area (Å²) in [6.45, 7) is 0. The van der Waals surface area contributed by atoms with Crippen molar-refractivity contribution in [1.29, 1.82) is 0 Å². The first-order chi connectivity index (χ1) is 8.43. The highest BCUT2D eigenvalue weighted by molar-refractivity contribution is 5.74. The molecule has 1 aromatic rings. The van der Waals surface area contributed by atoms with Gasteiger partial charge in [-0.2, -0.15) is 10.1 Å². The van der Waals surface area contributed by atoms with E-state index in [1.54, 1.807) is 30.3 Å². The summed E-state index contributed by atoms with van der Waals surface area (Å²) < 4.78 is 0. The summed E-state index contributed by atoms with van der Waals surface area (Å²) in [7, 11) is 0. The summed E-state index contributed by atoms with van der Waals surface area (Å²) >= 11 is 0. The molecule has 0 heterocycles. The molecule has 8 nitrogen and oxygen atoms in total. The molecule has 0 aliphatic heterocycles. The Morgan fingerprint density at radius 2 is 1.50 bits per heavy atom. The number of rotatable bonds is 4. The summed E-state index contributed by atoms with van der Waals surface area (Å²) in [6, 6.07) is 6.18. The molecule has 0 aromatic heterocycles. The molecule has 18 heavy (non-hydrogen) atoms. The van der Waals surface area contributed by atoms with E-state index in [1.807, 2.05) is 0 Å². The number of primary amides is 2. The zero-order chi connectivity index (χ0) is 13.7. The molecule has 0 fully saturated rings. The van der Waals surface area contributed by atoms with Crippen LogP contribution in [0.2, 0.25) is 0 Å². The van der Waals surface area contributed by atoms with Gasteiger partial charge in [-0.3, -0.25) is 10.4 Å². The van der Waals surface area contributed by atoms with Crippen molar-refractivity contribution >= 4 is 12.1 Å². The van der Waals surface area contributed by atoms with E-state index in [-0.39, 0.29) is 16.5 Å². The predicted octanol–water partition coefficient (Wildman–Crippen LogP) is 0.0950. The van der Waals surface area contributed by atoms with Crippen LogP contribution >= 0.6 is 0 Å². The average Bonchev–Trinajstić information content (AvgIpc) is 2.35. The summed E-state index contributed by atoms with van der Waals surface area (Å²) in [6.07, 6.45) is -1.41. The second-order valence-electron chi connectivity index (χ2n) is 3.54. The maximum atomic E-state index is 10.9. The Bertz CT molecular complexity index is 405. The van der Waals surface area contributed by atoms with Gasteiger partial charge in [0.1, 0.15) is 0 Å². The van der Waals surface area contributed by atoms with Crippen molar-refractivity contribution in [2.75, 3.05) is 0 Å². The highest BCUT2D eigenvalue weighted by Gasteiger charge is 2.28. The lowest BCUT2D eigenvalue weighted by Crippen LogP contribution is -2.54. The van der Waals surface area contributed by atoms with Crippen LogP contribution in [0.25, 0.3) is 0 Å². The quantitative estimate of drug-likeness (QED) is 0.344. The molecule has 0 radical (unpaired) electrons. The van der Waals surface area contributed by atoms with Crippen molar-refractivity contribution in [1.82, 2.24) is 10.1 Å². The number of carbonyl (C=O) groups is 2. The molecule has 0 bridgehead atoms. The highest BCUT2D eigenvalue weighted by Crippen LogP contribution is 2.10. The normalized spacial score (nSPS) is 10.2. The first-order valence-electron chi connectivity index (χ1n) is 5.02. The molecule has 0 saturated heterocycles. The van der Waals surface area contributed by atoms with E-state index in [1.165, 1.54) is 0 Å². The Balaban J connectivity index is 2.91. The van der Waals surface area contributed by atoms with Crippen molar-refractivity contribution in [3.05, 3.63) is 35.9 Å². The van der Waals surface area contributed by atoms with Crippen LogP contribution in [-0.2, 0) is 6.42 Å². The monoisotopic (exact) mass is 254 g/mol. The van der Waals surface area contributed by atoms with Crippen LogP contribution in [0.3, 0.4) is 0 Å². The van der Waals surface area contributed by atoms with Gasteiger partial charge < -0.3 is 11.5 Å². The molecule has 4 amide bonds.